The molecule has 0 bridgehead atoms. The maximum absolute atomic E-state index is 12.5. The van der Waals surface area contributed by atoms with E-state index in [1.165, 1.54) is 13.2 Å². The van der Waals surface area contributed by atoms with Gasteiger partial charge in [-0.15, -0.1) is 0 Å². The summed E-state index contributed by atoms with van der Waals surface area (Å²) in [6, 6.07) is 11.1. The number of urea groups is 1. The third-order valence-corrected chi connectivity index (χ3v) is 7.44. The number of aromatic nitrogens is 1. The smallest absolute Gasteiger partial charge is 0.316 e. The highest BCUT2D eigenvalue weighted by molar-refractivity contribution is 6.33. The van der Waals surface area contributed by atoms with Crippen molar-refractivity contribution in [3.05, 3.63) is 63.9 Å². The number of amides is 3. The topological polar surface area (TPSA) is 136 Å². The zero-order chi connectivity index (χ0) is 29.8. The number of nitrogens with one attached hydrogen (secondary N) is 2. The molecule has 222 valence electrons. The molecule has 0 unspecified atom stereocenters. The Morgan fingerprint density at radius 2 is 1.85 bits per heavy atom. The van der Waals surface area contributed by atoms with Crippen LogP contribution in [0, 0.1) is 5.41 Å². The fraction of sp³-hybridized carbons (Fsp3) is 0.433. The van der Waals surface area contributed by atoms with Crippen molar-refractivity contribution in [1.82, 2.24) is 9.88 Å². The lowest BCUT2D eigenvalue weighted by Gasteiger charge is -2.38. The van der Waals surface area contributed by atoms with Gasteiger partial charge in [0.05, 0.1) is 43.0 Å². The molecule has 5 rings (SSSR count). The zero-order valence-electron chi connectivity index (χ0n) is 23.8. The van der Waals surface area contributed by atoms with Gasteiger partial charge < -0.3 is 35.1 Å². The first-order valence-corrected chi connectivity index (χ1v) is 14.2. The van der Waals surface area contributed by atoms with Gasteiger partial charge in [0.1, 0.15) is 0 Å². The van der Waals surface area contributed by atoms with E-state index in [-0.39, 0.29) is 17.9 Å². The standard InChI is InChI=1S/C21H26N2O5.C7H7ClN2O.C2H6/c1-26-18-12-15-16(22-7-2-17(15)24)13-19(18)28-10-3-20(25)23-8-4-21(5-9-23)6-11-27-14-21;8-5-3-1-2-4-6(5)10-7(9)11;1-2/h2,7,12-13H,3-6,8-11,14H2,1H3,(H,22,24);1-4H,(H3,9,10,11);1-2H3. The Bertz CT molecular complexity index is 1360. The number of halogens is 1. The number of piperidine rings is 1. The van der Waals surface area contributed by atoms with E-state index in [2.05, 4.69) is 10.3 Å². The molecule has 2 aliphatic rings. The zero-order valence-corrected chi connectivity index (χ0v) is 24.6. The molecular weight excluding hydrogens is 548 g/mol. The molecule has 0 aliphatic carbocycles. The monoisotopic (exact) mass is 586 g/mol. The lowest BCUT2D eigenvalue weighted by molar-refractivity contribution is -0.134. The van der Waals surface area contributed by atoms with Crippen molar-refractivity contribution < 1.29 is 23.8 Å². The van der Waals surface area contributed by atoms with Crippen molar-refractivity contribution in [3.8, 4) is 11.5 Å². The number of carbonyl (C=O) groups is 2. The number of likely N-dealkylation sites (tertiary alicyclic amines) is 1. The summed E-state index contributed by atoms with van der Waals surface area (Å²) in [6.07, 6.45) is 5.07. The van der Waals surface area contributed by atoms with Crippen LogP contribution in [0.4, 0.5) is 10.5 Å². The fourth-order valence-corrected chi connectivity index (χ4v) is 5.01. The molecule has 2 fully saturated rings. The first kappa shape index (κ1) is 31.8. The predicted molar refractivity (Wildman–Crippen MR) is 161 cm³/mol. The van der Waals surface area contributed by atoms with Crippen molar-refractivity contribution >= 4 is 40.1 Å². The number of nitrogens with zero attached hydrogens (tertiary/aromatic N) is 1. The number of nitrogens with two attached hydrogens (primary N) is 1. The lowest BCUT2D eigenvalue weighted by Crippen LogP contribution is -2.43. The van der Waals surface area contributed by atoms with Crippen molar-refractivity contribution in [2.75, 3.05) is 45.3 Å². The Kier molecular flexibility index (Phi) is 11.9. The van der Waals surface area contributed by atoms with Gasteiger partial charge in [-0.3, -0.25) is 9.59 Å². The number of H-pyrrole nitrogens is 1. The highest BCUT2D eigenvalue weighted by Gasteiger charge is 2.38. The van der Waals surface area contributed by atoms with Crippen molar-refractivity contribution in [3.63, 3.8) is 0 Å². The quantitative estimate of drug-likeness (QED) is 0.363. The summed E-state index contributed by atoms with van der Waals surface area (Å²) >= 11 is 5.70. The minimum Gasteiger partial charge on any atom is -0.493 e. The molecule has 2 saturated heterocycles. The number of benzene rings is 2. The van der Waals surface area contributed by atoms with Crippen molar-refractivity contribution in [2.24, 2.45) is 11.1 Å². The summed E-state index contributed by atoms with van der Waals surface area (Å²) in [4.78, 5) is 39.8. The average molecular weight is 587 g/mol. The molecule has 1 aromatic heterocycles. The lowest BCUT2D eigenvalue weighted by atomic mass is 9.78. The molecule has 0 radical (unpaired) electrons. The van der Waals surface area contributed by atoms with Gasteiger partial charge in [0, 0.05) is 43.4 Å². The molecule has 3 aromatic rings. The summed E-state index contributed by atoms with van der Waals surface area (Å²) in [5.74, 6) is 1.12. The number of para-hydroxylation sites is 1. The summed E-state index contributed by atoms with van der Waals surface area (Å²) in [5.41, 5.74) is 6.30. The Hall–Kier alpha value is -3.76. The van der Waals surface area contributed by atoms with E-state index >= 15 is 0 Å². The van der Waals surface area contributed by atoms with Crippen molar-refractivity contribution in [2.45, 2.75) is 39.5 Å². The van der Waals surface area contributed by atoms with Gasteiger partial charge in [-0.25, -0.2) is 4.79 Å². The van der Waals surface area contributed by atoms with Gasteiger partial charge in [0.2, 0.25) is 5.91 Å². The van der Waals surface area contributed by atoms with Gasteiger partial charge >= 0.3 is 6.03 Å². The molecule has 3 amide bonds. The van der Waals surface area contributed by atoms with Crippen LogP contribution in [0.5, 0.6) is 11.5 Å². The molecule has 4 N–H and O–H groups in total. The molecular formula is C30H39ClN4O6. The van der Waals surface area contributed by atoms with Crippen LogP contribution in [0.2, 0.25) is 5.02 Å². The summed E-state index contributed by atoms with van der Waals surface area (Å²) in [6.45, 7) is 7.54. The largest absolute Gasteiger partial charge is 0.493 e. The number of fused-ring (bicyclic) bond motifs is 1. The van der Waals surface area contributed by atoms with E-state index in [4.69, 9.17) is 31.5 Å². The normalized spacial score (nSPS) is 15.3. The highest BCUT2D eigenvalue weighted by atomic mass is 35.5. The first-order chi connectivity index (χ1) is 19.8. The van der Waals surface area contributed by atoms with Gasteiger partial charge in [0.25, 0.3) is 0 Å². The van der Waals surface area contributed by atoms with Crippen molar-refractivity contribution in [1.29, 1.82) is 0 Å². The molecule has 1 spiro atoms. The summed E-state index contributed by atoms with van der Waals surface area (Å²) < 4.78 is 16.7. The van der Waals surface area contributed by atoms with E-state index in [1.54, 1.807) is 42.6 Å². The molecule has 2 aromatic carbocycles. The maximum atomic E-state index is 12.5. The minimum absolute atomic E-state index is 0.0793. The van der Waals surface area contributed by atoms with Crippen LogP contribution >= 0.6 is 11.6 Å². The molecule has 10 nitrogen and oxygen atoms in total. The number of anilines is 1. The highest BCUT2D eigenvalue weighted by Crippen LogP contribution is 2.39. The number of hydrogen-bond donors (Lipinski definition) is 3. The maximum Gasteiger partial charge on any atom is 0.316 e. The molecule has 0 atom stereocenters. The average Bonchev–Trinajstić information content (AvgIpc) is 3.43. The third kappa shape index (κ3) is 8.61. The van der Waals surface area contributed by atoms with E-state index in [0.717, 1.165) is 45.6 Å². The van der Waals surface area contributed by atoms with Crippen LogP contribution in [-0.4, -0.2) is 61.8 Å². The molecule has 3 heterocycles. The van der Waals surface area contributed by atoms with Crippen LogP contribution in [0.1, 0.15) is 39.5 Å². The third-order valence-electron chi connectivity index (χ3n) is 7.11. The van der Waals surface area contributed by atoms with Gasteiger partial charge in [0.15, 0.2) is 16.9 Å². The Morgan fingerprint density at radius 3 is 2.49 bits per heavy atom. The molecule has 11 heteroatoms. The van der Waals surface area contributed by atoms with Crippen LogP contribution in [-0.2, 0) is 9.53 Å². The van der Waals surface area contributed by atoms with Crippen LogP contribution < -0.4 is 26.0 Å². The molecule has 41 heavy (non-hydrogen) atoms. The number of primary amides is 1. The van der Waals surface area contributed by atoms with Gasteiger partial charge in [-0.1, -0.05) is 37.6 Å². The number of rotatable bonds is 6. The van der Waals surface area contributed by atoms with E-state index < -0.39 is 6.03 Å². The Balaban J connectivity index is 0.000000299. The summed E-state index contributed by atoms with van der Waals surface area (Å²) in [5, 5.41) is 3.40. The SMILES string of the molecule is CC.COc1cc2c(=O)cc[nH]c2cc1OCCC(=O)N1CCC2(CCOC2)CC1.NC(=O)Nc1ccccc1Cl. The summed E-state index contributed by atoms with van der Waals surface area (Å²) in [7, 11) is 1.53. The number of ether oxygens (including phenoxy) is 3. The Labute approximate surface area is 245 Å². The van der Waals surface area contributed by atoms with E-state index in [0.29, 0.717) is 44.9 Å². The first-order valence-electron chi connectivity index (χ1n) is 13.8. The van der Waals surface area contributed by atoms with E-state index in [1.807, 2.05) is 18.7 Å². The number of pyridine rings is 1. The number of methoxy groups -OCH3 is 1. The minimum atomic E-state index is -0.613. The molecule has 2 aliphatic heterocycles. The van der Waals surface area contributed by atoms with Crippen LogP contribution in [0.3, 0.4) is 0 Å². The fourth-order valence-electron chi connectivity index (χ4n) is 4.83. The van der Waals surface area contributed by atoms with Gasteiger partial charge in [-0.2, -0.15) is 0 Å². The number of hydrogen-bond acceptors (Lipinski definition) is 6. The number of aromatic amines is 1. The second kappa shape index (κ2) is 15.3. The predicted octanol–water partition coefficient (Wildman–Crippen LogP) is 5.19. The van der Waals surface area contributed by atoms with Gasteiger partial charge in [-0.05, 0) is 42.9 Å². The molecule has 0 saturated carbocycles. The van der Waals surface area contributed by atoms with Crippen LogP contribution in [0.25, 0.3) is 10.9 Å². The number of carbonyl (C=O) groups excluding carboxylic acids is 2. The second-order valence-electron chi connectivity index (χ2n) is 9.64. The van der Waals surface area contributed by atoms with E-state index in [9.17, 15) is 14.4 Å². The Morgan fingerprint density at radius 1 is 1.12 bits per heavy atom. The second-order valence-corrected chi connectivity index (χ2v) is 10.0. The van der Waals surface area contributed by atoms with Crippen LogP contribution in [0.15, 0.2) is 53.5 Å².